The summed E-state index contributed by atoms with van der Waals surface area (Å²) in [6.45, 7) is 8.38. The van der Waals surface area contributed by atoms with E-state index in [-0.39, 0.29) is 0 Å². The summed E-state index contributed by atoms with van der Waals surface area (Å²) in [7, 11) is 0. The van der Waals surface area contributed by atoms with E-state index in [1.165, 1.54) is 11.1 Å². The van der Waals surface area contributed by atoms with Gasteiger partial charge in [0.1, 0.15) is 0 Å². The van der Waals surface area contributed by atoms with Crippen LogP contribution in [-0.4, -0.2) is 23.3 Å². The second-order valence-corrected chi connectivity index (χ2v) is 5.17. The third-order valence-electron chi connectivity index (χ3n) is 3.25. The van der Waals surface area contributed by atoms with E-state index in [1.807, 2.05) is 6.07 Å². The SMILES string of the molecule is CCCNCCCc1nnc(-c2ccc(C)cc2C)o1. The second-order valence-electron chi connectivity index (χ2n) is 5.17. The van der Waals surface area contributed by atoms with Gasteiger partial charge in [0, 0.05) is 12.0 Å². The van der Waals surface area contributed by atoms with Crippen molar-refractivity contribution in [2.75, 3.05) is 13.1 Å². The lowest BCUT2D eigenvalue weighted by atomic mass is 10.1. The molecule has 0 amide bonds. The largest absolute Gasteiger partial charge is 0.421 e. The minimum absolute atomic E-state index is 0.624. The molecule has 0 bridgehead atoms. The number of nitrogens with zero attached hydrogens (tertiary/aromatic N) is 2. The molecule has 2 rings (SSSR count). The molecule has 0 aliphatic heterocycles. The Morgan fingerprint density at radius 3 is 2.75 bits per heavy atom. The third kappa shape index (κ3) is 3.90. The molecule has 20 heavy (non-hydrogen) atoms. The first kappa shape index (κ1) is 14.7. The number of benzene rings is 1. The fraction of sp³-hybridized carbons (Fsp3) is 0.500. The highest BCUT2D eigenvalue weighted by molar-refractivity contribution is 5.58. The van der Waals surface area contributed by atoms with Crippen LogP contribution in [0.5, 0.6) is 0 Å². The van der Waals surface area contributed by atoms with Gasteiger partial charge in [-0.2, -0.15) is 0 Å². The summed E-state index contributed by atoms with van der Waals surface area (Å²) in [5.41, 5.74) is 3.44. The smallest absolute Gasteiger partial charge is 0.247 e. The maximum atomic E-state index is 5.75. The van der Waals surface area contributed by atoms with Crippen LogP contribution in [0.3, 0.4) is 0 Å². The minimum atomic E-state index is 0.624. The Balaban J connectivity index is 1.95. The van der Waals surface area contributed by atoms with Gasteiger partial charge in [0.05, 0.1) is 0 Å². The summed E-state index contributed by atoms with van der Waals surface area (Å²) in [6.07, 6.45) is 3.01. The monoisotopic (exact) mass is 273 g/mol. The van der Waals surface area contributed by atoms with E-state index >= 15 is 0 Å². The van der Waals surface area contributed by atoms with Crippen molar-refractivity contribution < 1.29 is 4.42 Å². The quantitative estimate of drug-likeness (QED) is 0.786. The van der Waals surface area contributed by atoms with E-state index < -0.39 is 0 Å². The topological polar surface area (TPSA) is 51.0 Å². The van der Waals surface area contributed by atoms with E-state index in [2.05, 4.69) is 48.4 Å². The Kier molecular flexibility index (Phi) is 5.30. The summed E-state index contributed by atoms with van der Waals surface area (Å²) in [5, 5.41) is 11.7. The molecule has 1 aromatic carbocycles. The van der Waals surface area contributed by atoms with Crippen LogP contribution in [0, 0.1) is 13.8 Å². The highest BCUT2D eigenvalue weighted by Crippen LogP contribution is 2.23. The van der Waals surface area contributed by atoms with Crippen LogP contribution >= 0.6 is 0 Å². The predicted octanol–water partition coefficient (Wildman–Crippen LogP) is 3.29. The Hall–Kier alpha value is -1.68. The molecule has 1 heterocycles. The molecule has 0 aliphatic rings. The van der Waals surface area contributed by atoms with Gasteiger partial charge in [-0.05, 0) is 51.4 Å². The molecule has 2 aromatic rings. The third-order valence-corrected chi connectivity index (χ3v) is 3.25. The summed E-state index contributed by atoms with van der Waals surface area (Å²) >= 11 is 0. The molecule has 0 saturated heterocycles. The van der Waals surface area contributed by atoms with Crippen molar-refractivity contribution in [1.82, 2.24) is 15.5 Å². The van der Waals surface area contributed by atoms with Crippen molar-refractivity contribution in [3.8, 4) is 11.5 Å². The molecule has 4 nitrogen and oxygen atoms in total. The first-order valence-corrected chi connectivity index (χ1v) is 7.31. The molecule has 108 valence electrons. The zero-order chi connectivity index (χ0) is 14.4. The summed E-state index contributed by atoms with van der Waals surface area (Å²) in [5.74, 6) is 1.34. The van der Waals surface area contributed by atoms with Gasteiger partial charge < -0.3 is 9.73 Å². The van der Waals surface area contributed by atoms with Crippen molar-refractivity contribution in [2.45, 2.75) is 40.0 Å². The molecular formula is C16H23N3O. The first-order valence-electron chi connectivity index (χ1n) is 7.31. The summed E-state index contributed by atoms with van der Waals surface area (Å²) in [6, 6.07) is 6.25. The van der Waals surface area contributed by atoms with Crippen LogP contribution in [0.25, 0.3) is 11.5 Å². The fourth-order valence-electron chi connectivity index (χ4n) is 2.18. The average molecular weight is 273 g/mol. The molecule has 0 fully saturated rings. The van der Waals surface area contributed by atoms with Crippen molar-refractivity contribution in [3.63, 3.8) is 0 Å². The van der Waals surface area contributed by atoms with Gasteiger partial charge in [-0.25, -0.2) is 0 Å². The van der Waals surface area contributed by atoms with Crippen LogP contribution in [0.15, 0.2) is 22.6 Å². The average Bonchev–Trinajstić information content (AvgIpc) is 2.87. The Labute approximate surface area is 120 Å². The van der Waals surface area contributed by atoms with Gasteiger partial charge in [-0.3, -0.25) is 0 Å². The molecule has 0 saturated carbocycles. The molecule has 0 spiro atoms. The van der Waals surface area contributed by atoms with E-state index in [1.54, 1.807) is 0 Å². The van der Waals surface area contributed by atoms with Gasteiger partial charge in [-0.15, -0.1) is 10.2 Å². The Bertz CT molecular complexity index is 548. The van der Waals surface area contributed by atoms with Crippen molar-refractivity contribution in [1.29, 1.82) is 0 Å². The lowest BCUT2D eigenvalue weighted by Crippen LogP contribution is -2.16. The number of aromatic nitrogens is 2. The minimum Gasteiger partial charge on any atom is -0.421 e. The second kappa shape index (κ2) is 7.20. The zero-order valence-electron chi connectivity index (χ0n) is 12.6. The molecule has 0 aliphatic carbocycles. The maximum absolute atomic E-state index is 5.75. The van der Waals surface area contributed by atoms with Crippen molar-refractivity contribution in [3.05, 3.63) is 35.2 Å². The molecule has 0 atom stereocenters. The van der Waals surface area contributed by atoms with Gasteiger partial charge in [0.25, 0.3) is 0 Å². The molecule has 1 aromatic heterocycles. The zero-order valence-corrected chi connectivity index (χ0v) is 12.6. The van der Waals surface area contributed by atoms with Gasteiger partial charge >= 0.3 is 0 Å². The van der Waals surface area contributed by atoms with E-state index in [4.69, 9.17) is 4.42 Å². The van der Waals surface area contributed by atoms with E-state index in [0.29, 0.717) is 5.89 Å². The van der Waals surface area contributed by atoms with Gasteiger partial charge in [0.2, 0.25) is 11.8 Å². The number of nitrogens with one attached hydrogen (secondary N) is 1. The van der Waals surface area contributed by atoms with Crippen LogP contribution < -0.4 is 5.32 Å². The van der Waals surface area contributed by atoms with Crippen molar-refractivity contribution in [2.24, 2.45) is 0 Å². The van der Waals surface area contributed by atoms with Crippen LogP contribution in [0.4, 0.5) is 0 Å². The van der Waals surface area contributed by atoms with Gasteiger partial charge in [0.15, 0.2) is 0 Å². The summed E-state index contributed by atoms with van der Waals surface area (Å²) < 4.78 is 5.75. The highest BCUT2D eigenvalue weighted by Gasteiger charge is 2.10. The lowest BCUT2D eigenvalue weighted by molar-refractivity contribution is 0.491. The predicted molar refractivity (Wildman–Crippen MR) is 80.7 cm³/mol. The van der Waals surface area contributed by atoms with E-state index in [0.717, 1.165) is 43.8 Å². The number of rotatable bonds is 7. The molecule has 4 heteroatoms. The standard InChI is InChI=1S/C16H23N3O/c1-4-9-17-10-5-6-15-18-19-16(20-15)14-8-7-12(2)11-13(14)3/h7-8,11,17H,4-6,9-10H2,1-3H3. The highest BCUT2D eigenvalue weighted by atomic mass is 16.4. The molecule has 0 unspecified atom stereocenters. The lowest BCUT2D eigenvalue weighted by Gasteiger charge is -2.02. The Morgan fingerprint density at radius 2 is 2.00 bits per heavy atom. The number of hydrogen-bond acceptors (Lipinski definition) is 4. The van der Waals surface area contributed by atoms with Crippen molar-refractivity contribution >= 4 is 0 Å². The molecular weight excluding hydrogens is 250 g/mol. The maximum Gasteiger partial charge on any atom is 0.247 e. The molecule has 1 N–H and O–H groups in total. The van der Waals surface area contributed by atoms with Gasteiger partial charge in [-0.1, -0.05) is 24.6 Å². The Morgan fingerprint density at radius 1 is 1.15 bits per heavy atom. The normalized spacial score (nSPS) is 10.9. The first-order chi connectivity index (χ1) is 9.70. The summed E-state index contributed by atoms with van der Waals surface area (Å²) in [4.78, 5) is 0. The number of aryl methyl sites for hydroxylation is 3. The van der Waals surface area contributed by atoms with Crippen LogP contribution in [-0.2, 0) is 6.42 Å². The van der Waals surface area contributed by atoms with Crippen LogP contribution in [0.2, 0.25) is 0 Å². The van der Waals surface area contributed by atoms with E-state index in [9.17, 15) is 0 Å². The van der Waals surface area contributed by atoms with Crippen LogP contribution in [0.1, 0.15) is 36.8 Å². The fourth-order valence-corrected chi connectivity index (χ4v) is 2.18. The molecule has 0 radical (unpaired) electrons. The number of hydrogen-bond donors (Lipinski definition) is 1.